The van der Waals surface area contributed by atoms with Crippen molar-refractivity contribution < 1.29 is 13.9 Å². The molecular formula is C25H30N4O4. The lowest BCUT2D eigenvalue weighted by Crippen LogP contribution is -2.28. The zero-order valence-corrected chi connectivity index (χ0v) is 19.6. The highest BCUT2D eigenvalue weighted by Gasteiger charge is 2.16. The number of hydrogen-bond acceptors (Lipinski definition) is 5. The standard InChI is InChI=1S/C25H30N4O4/c1-5-23-27-28(25(31)21-14-22-20(29(21)23)13-17(4)33-22)12-6-7-24(30)26-15-18-8-10-19(11-9-18)32-16(2)3/h8-11,13-14,16H,5-7,12,15H2,1-4H3,(H,26,30). The third-order valence-electron chi connectivity index (χ3n) is 5.44. The molecule has 3 heterocycles. The largest absolute Gasteiger partial charge is 0.491 e. The molecule has 1 N–H and O–H groups in total. The fourth-order valence-corrected chi connectivity index (χ4v) is 3.93. The van der Waals surface area contributed by atoms with Gasteiger partial charge in [0, 0.05) is 38.1 Å². The molecule has 8 heteroatoms. The minimum atomic E-state index is -0.180. The molecule has 0 bridgehead atoms. The molecule has 8 nitrogen and oxygen atoms in total. The maximum Gasteiger partial charge on any atom is 0.291 e. The van der Waals surface area contributed by atoms with E-state index in [1.807, 2.05) is 62.4 Å². The number of hydrogen-bond donors (Lipinski definition) is 1. The van der Waals surface area contributed by atoms with E-state index in [0.29, 0.717) is 43.5 Å². The third-order valence-corrected chi connectivity index (χ3v) is 5.44. The summed E-state index contributed by atoms with van der Waals surface area (Å²) in [6.07, 6.45) is 1.64. The molecule has 0 atom stereocenters. The number of aryl methyl sites for hydroxylation is 3. The summed E-state index contributed by atoms with van der Waals surface area (Å²) in [4.78, 5) is 25.3. The molecule has 0 unspecified atom stereocenters. The molecule has 0 saturated carbocycles. The number of furan rings is 1. The third kappa shape index (κ3) is 4.94. The molecule has 33 heavy (non-hydrogen) atoms. The number of aromatic nitrogens is 3. The van der Waals surface area contributed by atoms with Crippen LogP contribution in [0.3, 0.4) is 0 Å². The molecule has 3 aromatic heterocycles. The summed E-state index contributed by atoms with van der Waals surface area (Å²) in [5.41, 5.74) is 2.91. The van der Waals surface area contributed by atoms with E-state index in [-0.39, 0.29) is 17.6 Å². The summed E-state index contributed by atoms with van der Waals surface area (Å²) in [7, 11) is 0. The number of ether oxygens (including phenoxy) is 1. The number of fused-ring (bicyclic) bond motifs is 3. The van der Waals surface area contributed by atoms with Crippen LogP contribution in [0.1, 0.15) is 50.8 Å². The molecule has 0 aliphatic carbocycles. The first kappa shape index (κ1) is 22.6. The van der Waals surface area contributed by atoms with Gasteiger partial charge in [-0.25, -0.2) is 4.68 Å². The first-order valence-electron chi connectivity index (χ1n) is 11.4. The molecule has 1 amide bonds. The van der Waals surface area contributed by atoms with Crippen molar-refractivity contribution in [2.24, 2.45) is 0 Å². The highest BCUT2D eigenvalue weighted by Crippen LogP contribution is 2.23. The summed E-state index contributed by atoms with van der Waals surface area (Å²) in [6, 6.07) is 11.4. The molecular weight excluding hydrogens is 420 g/mol. The van der Waals surface area contributed by atoms with Gasteiger partial charge in [0.05, 0.1) is 11.6 Å². The molecule has 0 aliphatic heterocycles. The Balaban J connectivity index is 1.36. The molecule has 1 aromatic carbocycles. The van der Waals surface area contributed by atoms with E-state index < -0.39 is 0 Å². The van der Waals surface area contributed by atoms with Gasteiger partial charge in [0.25, 0.3) is 5.56 Å². The van der Waals surface area contributed by atoms with Crippen LogP contribution >= 0.6 is 0 Å². The second-order valence-corrected chi connectivity index (χ2v) is 8.46. The minimum Gasteiger partial charge on any atom is -0.491 e. The number of nitrogens with zero attached hydrogens (tertiary/aromatic N) is 3. The van der Waals surface area contributed by atoms with E-state index in [2.05, 4.69) is 10.4 Å². The minimum absolute atomic E-state index is 0.0574. The second kappa shape index (κ2) is 9.52. The Morgan fingerprint density at radius 3 is 2.64 bits per heavy atom. The number of amides is 1. The Labute approximate surface area is 192 Å². The van der Waals surface area contributed by atoms with E-state index in [0.717, 1.165) is 28.4 Å². The van der Waals surface area contributed by atoms with Crippen LogP contribution in [-0.2, 0) is 24.3 Å². The average molecular weight is 451 g/mol. The van der Waals surface area contributed by atoms with Gasteiger partial charge < -0.3 is 14.5 Å². The molecule has 4 aromatic rings. The van der Waals surface area contributed by atoms with Crippen LogP contribution in [0.15, 0.2) is 45.6 Å². The van der Waals surface area contributed by atoms with Gasteiger partial charge in [-0.1, -0.05) is 19.1 Å². The van der Waals surface area contributed by atoms with Gasteiger partial charge in [0.2, 0.25) is 5.91 Å². The molecule has 174 valence electrons. The lowest BCUT2D eigenvalue weighted by atomic mass is 10.2. The van der Waals surface area contributed by atoms with Crippen molar-refractivity contribution >= 4 is 22.5 Å². The van der Waals surface area contributed by atoms with Crippen molar-refractivity contribution in [1.82, 2.24) is 19.5 Å². The summed E-state index contributed by atoms with van der Waals surface area (Å²) < 4.78 is 14.7. The fourth-order valence-electron chi connectivity index (χ4n) is 3.93. The van der Waals surface area contributed by atoms with Crippen molar-refractivity contribution in [2.45, 2.75) is 66.2 Å². The Bertz CT molecular complexity index is 1330. The van der Waals surface area contributed by atoms with E-state index >= 15 is 0 Å². The number of rotatable bonds is 9. The molecule has 0 aliphatic rings. The van der Waals surface area contributed by atoms with Crippen LogP contribution in [-0.4, -0.2) is 26.2 Å². The highest BCUT2D eigenvalue weighted by atomic mass is 16.5. The van der Waals surface area contributed by atoms with Crippen molar-refractivity contribution in [3.8, 4) is 5.75 Å². The average Bonchev–Trinajstić information content (AvgIpc) is 3.31. The SMILES string of the molecule is CCc1nn(CCCC(=O)NCc2ccc(OC(C)C)cc2)c(=O)c2cc3oc(C)cc3n12. The van der Waals surface area contributed by atoms with Crippen LogP contribution in [0, 0.1) is 6.92 Å². The highest BCUT2D eigenvalue weighted by molar-refractivity contribution is 5.83. The molecule has 0 fully saturated rings. The van der Waals surface area contributed by atoms with Gasteiger partial charge in [0.1, 0.15) is 22.9 Å². The molecule has 0 radical (unpaired) electrons. The van der Waals surface area contributed by atoms with Gasteiger partial charge >= 0.3 is 0 Å². The van der Waals surface area contributed by atoms with Gasteiger partial charge in [0.15, 0.2) is 5.58 Å². The lowest BCUT2D eigenvalue weighted by Gasteiger charge is -2.11. The lowest BCUT2D eigenvalue weighted by molar-refractivity contribution is -0.121. The molecule has 4 rings (SSSR count). The maximum absolute atomic E-state index is 13.0. The maximum atomic E-state index is 13.0. The number of carbonyl (C=O) groups is 1. The summed E-state index contributed by atoms with van der Waals surface area (Å²) in [6.45, 7) is 8.68. The van der Waals surface area contributed by atoms with Crippen LogP contribution in [0.25, 0.3) is 16.6 Å². The van der Waals surface area contributed by atoms with Crippen molar-refractivity contribution in [1.29, 1.82) is 0 Å². The predicted octanol–water partition coefficient (Wildman–Crippen LogP) is 4.00. The Kier molecular flexibility index (Phi) is 6.53. The van der Waals surface area contributed by atoms with Crippen LogP contribution in [0.4, 0.5) is 0 Å². The van der Waals surface area contributed by atoms with Crippen LogP contribution < -0.4 is 15.6 Å². The summed E-state index contributed by atoms with van der Waals surface area (Å²) >= 11 is 0. The number of nitrogens with one attached hydrogen (secondary N) is 1. The first-order valence-corrected chi connectivity index (χ1v) is 11.4. The van der Waals surface area contributed by atoms with Gasteiger partial charge in [-0.15, -0.1) is 0 Å². The zero-order chi connectivity index (χ0) is 23.5. The second-order valence-electron chi connectivity index (χ2n) is 8.46. The van der Waals surface area contributed by atoms with Crippen molar-refractivity contribution in [2.75, 3.05) is 0 Å². The Morgan fingerprint density at radius 2 is 1.94 bits per heavy atom. The van der Waals surface area contributed by atoms with Gasteiger partial charge in [-0.05, 0) is 44.9 Å². The van der Waals surface area contributed by atoms with Crippen molar-refractivity contribution in [3.63, 3.8) is 0 Å². The van der Waals surface area contributed by atoms with Crippen LogP contribution in [0.2, 0.25) is 0 Å². The predicted molar refractivity (Wildman–Crippen MR) is 127 cm³/mol. The monoisotopic (exact) mass is 450 g/mol. The topological polar surface area (TPSA) is 90.8 Å². The van der Waals surface area contributed by atoms with E-state index in [4.69, 9.17) is 9.15 Å². The first-order chi connectivity index (χ1) is 15.9. The van der Waals surface area contributed by atoms with Crippen molar-refractivity contribution in [3.05, 3.63) is 63.9 Å². The quantitative estimate of drug-likeness (QED) is 0.416. The smallest absolute Gasteiger partial charge is 0.291 e. The van der Waals surface area contributed by atoms with E-state index in [9.17, 15) is 9.59 Å². The van der Waals surface area contributed by atoms with E-state index in [1.54, 1.807) is 6.07 Å². The normalized spacial score (nSPS) is 11.5. The molecule has 0 spiro atoms. The fraction of sp³-hybridized carbons (Fsp3) is 0.400. The summed E-state index contributed by atoms with van der Waals surface area (Å²) in [5.74, 6) is 2.34. The van der Waals surface area contributed by atoms with Gasteiger partial charge in [-0.3, -0.25) is 14.0 Å². The van der Waals surface area contributed by atoms with Gasteiger partial charge in [-0.2, -0.15) is 5.10 Å². The summed E-state index contributed by atoms with van der Waals surface area (Å²) in [5, 5.41) is 7.48. The number of carbonyl (C=O) groups excluding carboxylic acids is 1. The Hall–Kier alpha value is -3.55. The zero-order valence-electron chi connectivity index (χ0n) is 19.6. The van der Waals surface area contributed by atoms with E-state index in [1.165, 1.54) is 4.68 Å². The van der Waals surface area contributed by atoms with Crippen LogP contribution in [0.5, 0.6) is 5.75 Å². The number of benzene rings is 1. The Morgan fingerprint density at radius 1 is 1.18 bits per heavy atom. The molecule has 0 saturated heterocycles.